The molecule has 0 bridgehead atoms. The van der Waals surface area contributed by atoms with Gasteiger partial charge in [0.05, 0.1) is 0 Å². The first kappa shape index (κ1) is 13.6. The molecule has 0 amide bonds. The maximum absolute atomic E-state index is 3.66. The highest BCUT2D eigenvalue weighted by atomic mass is 15.2. The van der Waals surface area contributed by atoms with Crippen LogP contribution in [0, 0.1) is 5.41 Å². The first-order valence-electron chi connectivity index (χ1n) is 6.98. The predicted octanol–water partition coefficient (Wildman–Crippen LogP) is 3.07. The Morgan fingerprint density at radius 1 is 1.22 bits per heavy atom. The predicted molar refractivity (Wildman–Crippen MR) is 77.7 cm³/mol. The van der Waals surface area contributed by atoms with E-state index in [0.717, 1.165) is 13.1 Å². The van der Waals surface area contributed by atoms with Crippen LogP contribution in [0.4, 0.5) is 0 Å². The van der Waals surface area contributed by atoms with E-state index in [-0.39, 0.29) is 0 Å². The van der Waals surface area contributed by atoms with Gasteiger partial charge in [0, 0.05) is 31.7 Å². The lowest BCUT2D eigenvalue weighted by Gasteiger charge is -2.42. The Morgan fingerprint density at radius 2 is 1.89 bits per heavy atom. The Morgan fingerprint density at radius 3 is 2.50 bits per heavy atom. The molecule has 0 saturated carbocycles. The smallest absolute Gasteiger partial charge is 0.0449 e. The molecular formula is C16H26N2. The van der Waals surface area contributed by atoms with Crippen LogP contribution in [-0.4, -0.2) is 30.6 Å². The van der Waals surface area contributed by atoms with E-state index in [1.807, 2.05) is 0 Å². The van der Waals surface area contributed by atoms with Crippen LogP contribution in [0.25, 0.3) is 0 Å². The molecular weight excluding hydrogens is 220 g/mol. The number of hydrogen-bond donors (Lipinski definition) is 1. The van der Waals surface area contributed by atoms with Crippen molar-refractivity contribution in [2.45, 2.75) is 39.8 Å². The van der Waals surface area contributed by atoms with E-state index in [2.05, 4.69) is 68.2 Å². The minimum absolute atomic E-state index is 0.368. The summed E-state index contributed by atoms with van der Waals surface area (Å²) in [6, 6.07) is 11.9. The van der Waals surface area contributed by atoms with Crippen LogP contribution in [0.3, 0.4) is 0 Å². The third-order valence-electron chi connectivity index (χ3n) is 3.58. The topological polar surface area (TPSA) is 15.3 Å². The first-order chi connectivity index (χ1) is 8.46. The first-order valence-corrected chi connectivity index (χ1v) is 6.98. The zero-order chi connectivity index (χ0) is 13.2. The van der Waals surface area contributed by atoms with E-state index in [0.29, 0.717) is 17.5 Å². The average molecular weight is 246 g/mol. The summed E-state index contributed by atoms with van der Waals surface area (Å²) in [7, 11) is 0. The molecule has 0 spiro atoms. The summed E-state index contributed by atoms with van der Waals surface area (Å²) in [6.07, 6.45) is 0. The summed E-state index contributed by atoms with van der Waals surface area (Å²) < 4.78 is 0. The number of hydrogen-bond acceptors (Lipinski definition) is 2. The number of nitrogens with one attached hydrogen (secondary N) is 1. The van der Waals surface area contributed by atoms with E-state index >= 15 is 0 Å². The molecule has 1 fully saturated rings. The maximum atomic E-state index is 3.66. The molecule has 100 valence electrons. The highest BCUT2D eigenvalue weighted by molar-refractivity contribution is 5.20. The minimum Gasteiger partial charge on any atom is -0.307 e. The molecule has 0 radical (unpaired) electrons. The van der Waals surface area contributed by atoms with Crippen molar-refractivity contribution in [1.29, 1.82) is 0 Å². The zero-order valence-electron chi connectivity index (χ0n) is 12.1. The van der Waals surface area contributed by atoms with E-state index in [1.54, 1.807) is 0 Å². The fraction of sp³-hybridized carbons (Fsp3) is 0.625. The third kappa shape index (κ3) is 3.56. The molecule has 2 unspecified atom stereocenters. The van der Waals surface area contributed by atoms with Crippen molar-refractivity contribution in [3.05, 3.63) is 35.9 Å². The maximum Gasteiger partial charge on any atom is 0.0449 e. The van der Waals surface area contributed by atoms with Gasteiger partial charge in [0.2, 0.25) is 0 Å². The molecule has 0 aliphatic carbocycles. The molecule has 1 aliphatic heterocycles. The van der Waals surface area contributed by atoms with Gasteiger partial charge < -0.3 is 5.32 Å². The Hall–Kier alpha value is -0.860. The van der Waals surface area contributed by atoms with Gasteiger partial charge in [-0.05, 0) is 17.9 Å². The molecule has 1 aliphatic rings. The summed E-state index contributed by atoms with van der Waals surface area (Å²) in [6.45, 7) is 12.6. The van der Waals surface area contributed by atoms with Gasteiger partial charge in [0.25, 0.3) is 0 Å². The summed E-state index contributed by atoms with van der Waals surface area (Å²) in [5, 5.41) is 3.66. The van der Waals surface area contributed by atoms with Crippen LogP contribution in [0.2, 0.25) is 0 Å². The molecule has 1 aromatic carbocycles. The molecule has 1 saturated heterocycles. The van der Waals surface area contributed by atoms with Crippen molar-refractivity contribution in [2.24, 2.45) is 5.41 Å². The molecule has 1 N–H and O–H groups in total. The Labute approximate surface area is 111 Å². The Balaban J connectivity index is 2.05. The Kier molecular flexibility index (Phi) is 4.08. The lowest BCUT2D eigenvalue weighted by atomic mass is 9.93. The molecule has 2 nitrogen and oxygen atoms in total. The Bertz CT molecular complexity index is 366. The van der Waals surface area contributed by atoms with Gasteiger partial charge in [-0.2, -0.15) is 0 Å². The molecule has 2 atom stereocenters. The van der Waals surface area contributed by atoms with Gasteiger partial charge in [-0.1, -0.05) is 51.1 Å². The second kappa shape index (κ2) is 5.41. The molecule has 1 aromatic rings. The standard InChI is InChI=1S/C16H26N2/c1-13-10-17-15(14-8-6-5-7-9-14)11-18(13)12-16(2,3)4/h5-9,13,15,17H,10-12H2,1-4H3. The zero-order valence-corrected chi connectivity index (χ0v) is 12.1. The fourth-order valence-electron chi connectivity index (χ4n) is 2.66. The summed E-state index contributed by atoms with van der Waals surface area (Å²) in [5.41, 5.74) is 1.77. The molecule has 2 heteroatoms. The van der Waals surface area contributed by atoms with Gasteiger partial charge in [-0.25, -0.2) is 0 Å². The van der Waals surface area contributed by atoms with E-state index in [9.17, 15) is 0 Å². The van der Waals surface area contributed by atoms with Crippen molar-refractivity contribution >= 4 is 0 Å². The van der Waals surface area contributed by atoms with Gasteiger partial charge in [0.1, 0.15) is 0 Å². The molecule has 2 rings (SSSR count). The second-order valence-corrected chi connectivity index (χ2v) is 6.71. The second-order valence-electron chi connectivity index (χ2n) is 6.71. The summed E-state index contributed by atoms with van der Waals surface area (Å²) in [4.78, 5) is 2.62. The number of nitrogens with zero attached hydrogens (tertiary/aromatic N) is 1. The number of benzene rings is 1. The molecule has 0 aromatic heterocycles. The summed E-state index contributed by atoms with van der Waals surface area (Å²) in [5.74, 6) is 0. The highest BCUT2D eigenvalue weighted by Gasteiger charge is 2.28. The van der Waals surface area contributed by atoms with E-state index < -0.39 is 0 Å². The van der Waals surface area contributed by atoms with Crippen molar-refractivity contribution in [3.8, 4) is 0 Å². The van der Waals surface area contributed by atoms with Gasteiger partial charge in [-0.3, -0.25) is 4.90 Å². The van der Waals surface area contributed by atoms with Crippen LogP contribution < -0.4 is 5.32 Å². The van der Waals surface area contributed by atoms with Crippen LogP contribution >= 0.6 is 0 Å². The van der Waals surface area contributed by atoms with Crippen molar-refractivity contribution in [1.82, 2.24) is 10.2 Å². The monoisotopic (exact) mass is 246 g/mol. The largest absolute Gasteiger partial charge is 0.307 e. The minimum atomic E-state index is 0.368. The van der Waals surface area contributed by atoms with E-state index in [1.165, 1.54) is 12.1 Å². The quantitative estimate of drug-likeness (QED) is 0.863. The van der Waals surface area contributed by atoms with Crippen molar-refractivity contribution in [2.75, 3.05) is 19.6 Å². The molecule has 1 heterocycles. The lowest BCUT2D eigenvalue weighted by Crippen LogP contribution is -2.53. The van der Waals surface area contributed by atoms with Crippen molar-refractivity contribution < 1.29 is 0 Å². The van der Waals surface area contributed by atoms with Gasteiger partial charge >= 0.3 is 0 Å². The van der Waals surface area contributed by atoms with E-state index in [4.69, 9.17) is 0 Å². The SMILES string of the molecule is CC1CNC(c2ccccc2)CN1CC(C)(C)C. The lowest BCUT2D eigenvalue weighted by molar-refractivity contribution is 0.0992. The normalized spacial score (nSPS) is 26.2. The van der Waals surface area contributed by atoms with Gasteiger partial charge in [0.15, 0.2) is 0 Å². The number of rotatable bonds is 2. The fourth-order valence-corrected chi connectivity index (χ4v) is 2.66. The van der Waals surface area contributed by atoms with Crippen LogP contribution in [0.15, 0.2) is 30.3 Å². The summed E-state index contributed by atoms with van der Waals surface area (Å²) >= 11 is 0. The highest BCUT2D eigenvalue weighted by Crippen LogP contribution is 2.23. The average Bonchev–Trinajstić information content (AvgIpc) is 2.31. The van der Waals surface area contributed by atoms with Crippen molar-refractivity contribution in [3.63, 3.8) is 0 Å². The van der Waals surface area contributed by atoms with Crippen LogP contribution in [0.1, 0.15) is 39.3 Å². The third-order valence-corrected chi connectivity index (χ3v) is 3.58. The van der Waals surface area contributed by atoms with Crippen LogP contribution in [0.5, 0.6) is 0 Å². The van der Waals surface area contributed by atoms with Crippen LogP contribution in [-0.2, 0) is 0 Å². The molecule has 18 heavy (non-hydrogen) atoms. The number of piperazine rings is 1. The van der Waals surface area contributed by atoms with Gasteiger partial charge in [-0.15, -0.1) is 0 Å².